The molecule has 0 saturated heterocycles. The Morgan fingerprint density at radius 3 is 1.15 bits per heavy atom. The fourth-order valence-electron chi connectivity index (χ4n) is 3.89. The molecule has 157 valence electrons. The number of aromatic nitrogens is 2. The molecule has 0 fully saturated rings. The van der Waals surface area contributed by atoms with E-state index in [9.17, 15) is 0 Å². The quantitative estimate of drug-likeness (QED) is 0.222. The summed E-state index contributed by atoms with van der Waals surface area (Å²) >= 11 is 0. The van der Waals surface area contributed by atoms with Crippen LogP contribution in [-0.4, -0.2) is 9.97 Å². The van der Waals surface area contributed by atoms with Gasteiger partial charge in [0.25, 0.3) is 0 Å². The smallest absolute Gasteiger partial charge is 0.256 e. The van der Waals surface area contributed by atoms with Crippen LogP contribution < -0.4 is 0 Å². The van der Waals surface area contributed by atoms with E-state index in [1.54, 1.807) is 0 Å². The number of hydrogen-bond donors (Lipinski definition) is 0. The fraction of sp³-hybridized carbons (Fsp3) is 0. The number of pyridine rings is 2. The molecular formula is C30H22N2Ru+3. The molecule has 0 aliphatic heterocycles. The van der Waals surface area contributed by atoms with Crippen LogP contribution in [0, 0.1) is 0 Å². The monoisotopic (exact) mass is 512 g/mol. The predicted octanol–water partition coefficient (Wildman–Crippen LogP) is 7.80. The van der Waals surface area contributed by atoms with Gasteiger partial charge in [-0.25, -0.2) is 0 Å². The molecule has 2 aromatic heterocycles. The summed E-state index contributed by atoms with van der Waals surface area (Å²) in [6, 6.07) is 41.3. The second-order valence-electron chi connectivity index (χ2n) is 7.49. The zero-order chi connectivity index (χ0) is 21.6. The van der Waals surface area contributed by atoms with Crippen LogP contribution in [0.2, 0.25) is 0 Å². The normalized spacial score (nSPS) is 10.2. The van der Waals surface area contributed by atoms with Gasteiger partial charge in [0.05, 0.1) is 11.4 Å². The van der Waals surface area contributed by atoms with Crippen molar-refractivity contribution in [3.05, 3.63) is 134 Å². The van der Waals surface area contributed by atoms with Crippen LogP contribution in [0.3, 0.4) is 0 Å². The Kier molecular flexibility index (Phi) is 7.34. The maximum absolute atomic E-state index is 4.48. The minimum atomic E-state index is 0. The number of nitrogens with zero attached hydrogens (tertiary/aromatic N) is 2. The molecular weight excluding hydrogens is 489 g/mol. The number of benzene rings is 4. The van der Waals surface area contributed by atoms with Gasteiger partial charge in [-0.05, 0) is 22.9 Å². The summed E-state index contributed by atoms with van der Waals surface area (Å²) in [7, 11) is 0. The van der Waals surface area contributed by atoms with Crippen molar-refractivity contribution in [3.8, 4) is 22.5 Å². The van der Waals surface area contributed by atoms with E-state index in [4.69, 9.17) is 0 Å². The van der Waals surface area contributed by atoms with Crippen LogP contribution in [0.5, 0.6) is 0 Å². The SMILES string of the molecule is [Ru+3].c1ccc(-c2nccc3ccccc23)cc1.c1ccc(-c2nccc3ccccc23)cc1. The molecule has 0 unspecified atom stereocenters. The molecule has 0 N–H and O–H groups in total. The van der Waals surface area contributed by atoms with Crippen LogP contribution in [0.15, 0.2) is 134 Å². The van der Waals surface area contributed by atoms with Crippen molar-refractivity contribution in [2.75, 3.05) is 0 Å². The third-order valence-electron chi connectivity index (χ3n) is 5.44. The first-order valence-corrected chi connectivity index (χ1v) is 10.7. The Balaban J connectivity index is 0.000000152. The van der Waals surface area contributed by atoms with Crippen LogP contribution >= 0.6 is 0 Å². The number of hydrogen-bond acceptors (Lipinski definition) is 2. The Bertz CT molecular complexity index is 1340. The van der Waals surface area contributed by atoms with Crippen LogP contribution in [0.1, 0.15) is 0 Å². The van der Waals surface area contributed by atoms with Crippen molar-refractivity contribution < 1.29 is 19.5 Å². The summed E-state index contributed by atoms with van der Waals surface area (Å²) < 4.78 is 0. The van der Waals surface area contributed by atoms with Gasteiger partial charge in [-0.3, -0.25) is 9.97 Å². The second kappa shape index (κ2) is 10.8. The summed E-state index contributed by atoms with van der Waals surface area (Å²) in [4.78, 5) is 8.95. The first-order chi connectivity index (χ1) is 15.9. The van der Waals surface area contributed by atoms with E-state index >= 15 is 0 Å². The third-order valence-corrected chi connectivity index (χ3v) is 5.44. The van der Waals surface area contributed by atoms with Crippen molar-refractivity contribution >= 4 is 21.5 Å². The fourth-order valence-corrected chi connectivity index (χ4v) is 3.89. The van der Waals surface area contributed by atoms with E-state index in [-0.39, 0.29) is 19.5 Å². The summed E-state index contributed by atoms with van der Waals surface area (Å²) in [6.07, 6.45) is 3.73. The Morgan fingerprint density at radius 1 is 0.364 bits per heavy atom. The Hall–Kier alpha value is -3.68. The van der Waals surface area contributed by atoms with E-state index in [1.807, 2.05) is 60.9 Å². The van der Waals surface area contributed by atoms with Gasteiger partial charge < -0.3 is 0 Å². The number of fused-ring (bicyclic) bond motifs is 2. The van der Waals surface area contributed by atoms with Gasteiger partial charge in [0.1, 0.15) is 0 Å². The minimum absolute atomic E-state index is 0. The van der Waals surface area contributed by atoms with Gasteiger partial charge in [0, 0.05) is 34.3 Å². The molecule has 2 nitrogen and oxygen atoms in total. The third kappa shape index (κ3) is 5.05. The first-order valence-electron chi connectivity index (χ1n) is 10.7. The second-order valence-corrected chi connectivity index (χ2v) is 7.49. The van der Waals surface area contributed by atoms with Crippen molar-refractivity contribution in [2.24, 2.45) is 0 Å². The van der Waals surface area contributed by atoms with Gasteiger partial charge in [-0.15, -0.1) is 0 Å². The maximum Gasteiger partial charge on any atom is 3.00 e. The van der Waals surface area contributed by atoms with Crippen LogP contribution in [0.4, 0.5) is 0 Å². The zero-order valence-electron chi connectivity index (χ0n) is 17.9. The molecule has 2 heterocycles. The molecule has 1 radical (unpaired) electrons. The van der Waals surface area contributed by atoms with Crippen molar-refractivity contribution in [1.29, 1.82) is 0 Å². The van der Waals surface area contributed by atoms with Gasteiger partial charge in [-0.2, -0.15) is 0 Å². The average Bonchev–Trinajstić information content (AvgIpc) is 2.89. The van der Waals surface area contributed by atoms with Crippen molar-refractivity contribution in [3.63, 3.8) is 0 Å². The van der Waals surface area contributed by atoms with E-state index in [0.29, 0.717) is 0 Å². The van der Waals surface area contributed by atoms with Gasteiger partial charge >= 0.3 is 19.5 Å². The van der Waals surface area contributed by atoms with Crippen LogP contribution in [-0.2, 0) is 19.5 Å². The summed E-state index contributed by atoms with van der Waals surface area (Å²) in [6.45, 7) is 0. The Labute approximate surface area is 206 Å². The van der Waals surface area contributed by atoms with E-state index < -0.39 is 0 Å². The van der Waals surface area contributed by atoms with E-state index in [2.05, 4.69) is 82.8 Å². The minimum Gasteiger partial charge on any atom is -0.256 e. The van der Waals surface area contributed by atoms with Gasteiger partial charge in [0.15, 0.2) is 0 Å². The maximum atomic E-state index is 4.48. The topological polar surface area (TPSA) is 25.8 Å². The summed E-state index contributed by atoms with van der Waals surface area (Å²) in [5.41, 5.74) is 4.44. The molecule has 0 bridgehead atoms. The van der Waals surface area contributed by atoms with E-state index in [0.717, 1.165) is 11.4 Å². The molecule has 0 atom stereocenters. The predicted molar refractivity (Wildman–Crippen MR) is 134 cm³/mol. The van der Waals surface area contributed by atoms with Crippen molar-refractivity contribution in [2.45, 2.75) is 0 Å². The molecule has 3 heteroatoms. The zero-order valence-corrected chi connectivity index (χ0v) is 19.7. The summed E-state index contributed by atoms with van der Waals surface area (Å²) in [5, 5.41) is 4.88. The van der Waals surface area contributed by atoms with Gasteiger partial charge in [-0.1, -0.05) is 109 Å². The molecule has 6 rings (SSSR count). The average molecular weight is 512 g/mol. The molecule has 6 aromatic rings. The summed E-state index contributed by atoms with van der Waals surface area (Å²) in [5.74, 6) is 0. The first kappa shape index (κ1) is 22.5. The van der Waals surface area contributed by atoms with Crippen LogP contribution in [0.25, 0.3) is 44.1 Å². The molecule has 0 saturated carbocycles. The molecule has 4 aromatic carbocycles. The molecule has 0 aliphatic carbocycles. The standard InChI is InChI=1S/2C15H11N.Ru/c2*1-2-7-13(8-3-1)15-14-9-5-4-6-12(14)10-11-16-15;/h2*1-11H;/q;;+3. The van der Waals surface area contributed by atoms with Gasteiger partial charge in [0.2, 0.25) is 0 Å². The van der Waals surface area contributed by atoms with Crippen molar-refractivity contribution in [1.82, 2.24) is 9.97 Å². The largest absolute Gasteiger partial charge is 3.00 e. The molecule has 0 spiro atoms. The van der Waals surface area contributed by atoms with E-state index in [1.165, 1.54) is 32.7 Å². The number of rotatable bonds is 2. The molecule has 0 amide bonds. The Morgan fingerprint density at radius 2 is 0.727 bits per heavy atom. The molecule has 0 aliphatic rings. The molecule has 33 heavy (non-hydrogen) atoms.